The van der Waals surface area contributed by atoms with Crippen LogP contribution in [0.4, 0.5) is 0 Å². The van der Waals surface area contributed by atoms with E-state index in [0.717, 1.165) is 0 Å². The van der Waals surface area contributed by atoms with Crippen LogP contribution in [0.2, 0.25) is 0 Å². The summed E-state index contributed by atoms with van der Waals surface area (Å²) in [7, 11) is 1.49. The van der Waals surface area contributed by atoms with Crippen molar-refractivity contribution in [2.75, 3.05) is 13.9 Å². The molecule has 2 heterocycles. The van der Waals surface area contributed by atoms with Crippen LogP contribution in [0, 0.1) is 0 Å². The van der Waals surface area contributed by atoms with E-state index in [2.05, 4.69) is 0 Å². The predicted octanol–water partition coefficient (Wildman–Crippen LogP) is 2.61. The fourth-order valence-electron chi connectivity index (χ4n) is 2.72. The van der Waals surface area contributed by atoms with E-state index in [9.17, 15) is 15.0 Å². The summed E-state index contributed by atoms with van der Waals surface area (Å²) in [6.07, 6.45) is 0. The Morgan fingerprint density at radius 2 is 1.96 bits per heavy atom. The van der Waals surface area contributed by atoms with Gasteiger partial charge in [-0.3, -0.25) is 0 Å². The highest BCUT2D eigenvalue weighted by atomic mass is 16.7. The quantitative estimate of drug-likeness (QED) is 0.698. The van der Waals surface area contributed by atoms with Gasteiger partial charge in [0.2, 0.25) is 12.5 Å². The number of methoxy groups -OCH3 is 1. The van der Waals surface area contributed by atoms with Gasteiger partial charge < -0.3 is 28.8 Å². The summed E-state index contributed by atoms with van der Waals surface area (Å²) >= 11 is 0. The van der Waals surface area contributed by atoms with E-state index < -0.39 is 11.4 Å². The monoisotopic (exact) mass is 328 g/mol. The van der Waals surface area contributed by atoms with Crippen LogP contribution in [0.1, 0.15) is 0 Å². The van der Waals surface area contributed by atoms with E-state index in [0.29, 0.717) is 11.3 Å². The van der Waals surface area contributed by atoms with Crippen LogP contribution in [0.25, 0.3) is 22.1 Å². The molecule has 0 radical (unpaired) electrons. The average molecular weight is 328 g/mol. The molecule has 1 aliphatic heterocycles. The Morgan fingerprint density at radius 1 is 1.12 bits per heavy atom. The maximum absolute atomic E-state index is 12.3. The molecule has 122 valence electrons. The zero-order valence-electron chi connectivity index (χ0n) is 12.5. The van der Waals surface area contributed by atoms with Gasteiger partial charge in [0.25, 0.3) is 0 Å². The first kappa shape index (κ1) is 14.3. The average Bonchev–Trinajstić information content (AvgIpc) is 3.03. The van der Waals surface area contributed by atoms with Gasteiger partial charge in [-0.2, -0.15) is 0 Å². The maximum atomic E-state index is 12.3. The van der Waals surface area contributed by atoms with Crippen molar-refractivity contribution in [1.82, 2.24) is 0 Å². The van der Waals surface area contributed by atoms with Crippen LogP contribution in [-0.4, -0.2) is 24.1 Å². The second-order valence-electron chi connectivity index (χ2n) is 5.18. The molecule has 0 saturated heterocycles. The standard InChI is InChI=1S/C17H12O7/c1-21-9-4-2-3-8(5-9)12-14(18)13-10(24-17(12)20)6-11-16(15(13)19)23-7-22-11/h2-6,18-19H,7H2,1H3. The number of ether oxygens (including phenoxy) is 3. The Bertz CT molecular complexity index is 1020. The summed E-state index contributed by atoms with van der Waals surface area (Å²) in [4.78, 5) is 12.3. The minimum absolute atomic E-state index is 0.00546. The van der Waals surface area contributed by atoms with Crippen molar-refractivity contribution in [3.8, 4) is 39.9 Å². The lowest BCUT2D eigenvalue weighted by atomic mass is 10.0. The minimum atomic E-state index is -0.744. The van der Waals surface area contributed by atoms with E-state index in [4.69, 9.17) is 18.6 Å². The van der Waals surface area contributed by atoms with Gasteiger partial charge in [0.05, 0.1) is 7.11 Å². The highest BCUT2D eigenvalue weighted by Crippen LogP contribution is 2.49. The van der Waals surface area contributed by atoms with Crippen LogP contribution in [0.5, 0.6) is 28.7 Å². The Hall–Kier alpha value is -3.35. The second-order valence-corrected chi connectivity index (χ2v) is 5.18. The molecular formula is C17H12O7. The van der Waals surface area contributed by atoms with Gasteiger partial charge >= 0.3 is 5.63 Å². The Labute approximate surface area is 135 Å². The number of phenols is 1. The van der Waals surface area contributed by atoms with E-state index in [-0.39, 0.29) is 40.6 Å². The van der Waals surface area contributed by atoms with Gasteiger partial charge in [-0.05, 0) is 17.7 Å². The number of phenolic OH excluding ortho intramolecular Hbond substituents is 1. The second kappa shape index (κ2) is 5.09. The molecule has 1 aromatic heterocycles. The molecule has 2 aromatic carbocycles. The van der Waals surface area contributed by atoms with Crippen LogP contribution in [0.15, 0.2) is 39.5 Å². The molecule has 7 nitrogen and oxygen atoms in total. The fraction of sp³-hybridized carbons (Fsp3) is 0.118. The number of aromatic hydroxyl groups is 2. The third kappa shape index (κ3) is 1.95. The Kier molecular flexibility index (Phi) is 3.02. The molecule has 0 fully saturated rings. The van der Waals surface area contributed by atoms with Crippen molar-refractivity contribution in [2.45, 2.75) is 0 Å². The highest BCUT2D eigenvalue weighted by Gasteiger charge is 2.26. The third-order valence-electron chi connectivity index (χ3n) is 3.84. The lowest BCUT2D eigenvalue weighted by molar-refractivity contribution is 0.171. The zero-order chi connectivity index (χ0) is 16.8. The molecule has 0 spiro atoms. The van der Waals surface area contributed by atoms with Gasteiger partial charge in [0, 0.05) is 6.07 Å². The van der Waals surface area contributed by atoms with Crippen molar-refractivity contribution in [1.29, 1.82) is 0 Å². The fourth-order valence-corrected chi connectivity index (χ4v) is 2.72. The highest BCUT2D eigenvalue weighted by molar-refractivity contribution is 5.98. The molecule has 0 bridgehead atoms. The van der Waals surface area contributed by atoms with Crippen LogP contribution >= 0.6 is 0 Å². The minimum Gasteiger partial charge on any atom is -0.506 e. The van der Waals surface area contributed by atoms with E-state index in [1.54, 1.807) is 24.3 Å². The molecule has 0 atom stereocenters. The molecule has 24 heavy (non-hydrogen) atoms. The number of hydrogen-bond donors (Lipinski definition) is 2. The summed E-state index contributed by atoms with van der Waals surface area (Å²) in [5.41, 5.74) is -0.410. The number of benzene rings is 2. The van der Waals surface area contributed by atoms with Crippen molar-refractivity contribution >= 4 is 11.0 Å². The first-order valence-electron chi connectivity index (χ1n) is 7.06. The Balaban J connectivity index is 2.05. The van der Waals surface area contributed by atoms with Gasteiger partial charge in [0.15, 0.2) is 11.5 Å². The predicted molar refractivity (Wildman–Crippen MR) is 83.9 cm³/mol. The molecule has 0 aliphatic carbocycles. The largest absolute Gasteiger partial charge is 0.506 e. The molecule has 0 unspecified atom stereocenters. The number of hydrogen-bond acceptors (Lipinski definition) is 7. The van der Waals surface area contributed by atoms with Gasteiger partial charge in [-0.25, -0.2) is 4.79 Å². The first-order valence-corrected chi connectivity index (χ1v) is 7.06. The van der Waals surface area contributed by atoms with Crippen molar-refractivity contribution in [3.63, 3.8) is 0 Å². The SMILES string of the molecule is COc1cccc(-c2c(O)c3c(O)c4c(cc3oc2=O)OCO4)c1. The summed E-state index contributed by atoms with van der Waals surface area (Å²) in [5, 5.41) is 20.9. The van der Waals surface area contributed by atoms with Gasteiger partial charge in [-0.15, -0.1) is 0 Å². The van der Waals surface area contributed by atoms with Crippen LogP contribution in [-0.2, 0) is 0 Å². The molecule has 2 N–H and O–H groups in total. The molecule has 7 heteroatoms. The summed E-state index contributed by atoms with van der Waals surface area (Å²) in [6.45, 7) is -0.0625. The van der Waals surface area contributed by atoms with E-state index in [1.807, 2.05) is 0 Å². The normalized spacial score (nSPS) is 12.5. The van der Waals surface area contributed by atoms with Crippen LogP contribution < -0.4 is 19.8 Å². The number of fused-ring (bicyclic) bond motifs is 2. The molecular weight excluding hydrogens is 316 g/mol. The molecule has 3 aromatic rings. The smallest absolute Gasteiger partial charge is 0.347 e. The van der Waals surface area contributed by atoms with Crippen molar-refractivity contribution in [2.24, 2.45) is 0 Å². The van der Waals surface area contributed by atoms with E-state index in [1.165, 1.54) is 13.2 Å². The van der Waals surface area contributed by atoms with E-state index >= 15 is 0 Å². The summed E-state index contributed by atoms with van der Waals surface area (Å²) in [6, 6.07) is 8.00. The van der Waals surface area contributed by atoms with Gasteiger partial charge in [-0.1, -0.05) is 12.1 Å². The number of rotatable bonds is 2. The van der Waals surface area contributed by atoms with Crippen molar-refractivity contribution in [3.05, 3.63) is 40.8 Å². The third-order valence-corrected chi connectivity index (χ3v) is 3.84. The maximum Gasteiger partial charge on any atom is 0.347 e. The summed E-state index contributed by atoms with van der Waals surface area (Å²) < 4.78 is 20.7. The molecule has 0 saturated carbocycles. The Morgan fingerprint density at radius 3 is 2.75 bits per heavy atom. The van der Waals surface area contributed by atoms with Crippen LogP contribution in [0.3, 0.4) is 0 Å². The lowest BCUT2D eigenvalue weighted by Gasteiger charge is -2.10. The zero-order valence-corrected chi connectivity index (χ0v) is 12.5. The summed E-state index contributed by atoms with van der Waals surface area (Å²) in [5.74, 6) is 0.122. The lowest BCUT2D eigenvalue weighted by Crippen LogP contribution is -2.04. The molecule has 4 rings (SSSR count). The molecule has 1 aliphatic rings. The molecule has 0 amide bonds. The van der Waals surface area contributed by atoms with Gasteiger partial charge in [0.1, 0.15) is 28.0 Å². The van der Waals surface area contributed by atoms with Crippen molar-refractivity contribution < 1.29 is 28.8 Å². The topological polar surface area (TPSA) is 98.4 Å². The first-order chi connectivity index (χ1) is 11.6.